The van der Waals surface area contributed by atoms with Crippen LogP contribution >= 0.6 is 0 Å². The fraction of sp³-hybridized carbons (Fsp3) is 0.148. The number of amides is 1. The van der Waals surface area contributed by atoms with E-state index >= 15 is 0 Å². The summed E-state index contributed by atoms with van der Waals surface area (Å²) in [5.74, 6) is -1.46. The molecule has 0 aliphatic heterocycles. The summed E-state index contributed by atoms with van der Waals surface area (Å²) >= 11 is 0. The van der Waals surface area contributed by atoms with Crippen molar-refractivity contribution < 1.29 is 27.9 Å². The second kappa shape index (κ2) is 11.6. The molecular weight excluding hydrogens is 513 g/mol. The van der Waals surface area contributed by atoms with Crippen molar-refractivity contribution >= 4 is 17.4 Å². The molecule has 5 aromatic rings. The van der Waals surface area contributed by atoms with Gasteiger partial charge in [0.05, 0.1) is 5.52 Å². The maximum atomic E-state index is 13.0. The van der Waals surface area contributed by atoms with E-state index < -0.39 is 12.1 Å². The number of hydrogen-bond donors (Lipinski definition) is 2. The number of aliphatic carboxylic acids is 1. The topological polar surface area (TPSA) is 114 Å². The third-order valence-corrected chi connectivity index (χ3v) is 5.58. The SMILES string of the molecule is Cc1nc(-c2nc(C(=O)NCc3cccnc3)c3ccccn23)cn1Cc1ccccc1.O=C(O)C(F)(F)F. The average molecular weight is 537 g/mol. The van der Waals surface area contributed by atoms with Crippen LogP contribution in [0.25, 0.3) is 17.0 Å². The predicted molar refractivity (Wildman–Crippen MR) is 136 cm³/mol. The lowest BCUT2D eigenvalue weighted by Gasteiger charge is -2.04. The van der Waals surface area contributed by atoms with Crippen LogP contribution in [0.5, 0.6) is 0 Å². The third kappa shape index (κ3) is 6.66. The van der Waals surface area contributed by atoms with Crippen LogP contribution in [0, 0.1) is 6.92 Å². The minimum atomic E-state index is -5.08. The Morgan fingerprint density at radius 3 is 2.33 bits per heavy atom. The highest BCUT2D eigenvalue weighted by Crippen LogP contribution is 2.23. The van der Waals surface area contributed by atoms with Crippen molar-refractivity contribution in [2.45, 2.75) is 26.2 Å². The van der Waals surface area contributed by atoms with Crippen molar-refractivity contribution in [3.05, 3.63) is 108 Å². The Hall–Kier alpha value is -5.00. The lowest BCUT2D eigenvalue weighted by Crippen LogP contribution is -2.23. The van der Waals surface area contributed by atoms with Crippen LogP contribution in [0.1, 0.15) is 27.4 Å². The van der Waals surface area contributed by atoms with Gasteiger partial charge in [0.25, 0.3) is 5.91 Å². The van der Waals surface area contributed by atoms with Crippen molar-refractivity contribution in [1.82, 2.24) is 29.2 Å². The highest BCUT2D eigenvalue weighted by Gasteiger charge is 2.38. The molecule has 0 atom stereocenters. The highest BCUT2D eigenvalue weighted by atomic mass is 19.4. The summed E-state index contributed by atoms with van der Waals surface area (Å²) in [6, 6.07) is 19.7. The fourth-order valence-corrected chi connectivity index (χ4v) is 3.71. The molecule has 4 heterocycles. The number of halogens is 3. The van der Waals surface area contributed by atoms with Gasteiger partial charge in [-0.05, 0) is 36.2 Å². The maximum absolute atomic E-state index is 13.0. The van der Waals surface area contributed by atoms with E-state index in [0.29, 0.717) is 18.1 Å². The van der Waals surface area contributed by atoms with Gasteiger partial charge < -0.3 is 15.0 Å². The lowest BCUT2D eigenvalue weighted by molar-refractivity contribution is -0.192. The van der Waals surface area contributed by atoms with E-state index in [1.807, 2.05) is 72.2 Å². The van der Waals surface area contributed by atoms with E-state index in [2.05, 4.69) is 27.0 Å². The predicted octanol–water partition coefficient (Wildman–Crippen LogP) is 4.51. The van der Waals surface area contributed by atoms with Crippen LogP contribution in [0.4, 0.5) is 13.2 Å². The maximum Gasteiger partial charge on any atom is 0.490 e. The zero-order chi connectivity index (χ0) is 28.0. The number of alkyl halides is 3. The quantitative estimate of drug-likeness (QED) is 0.330. The molecule has 0 bridgehead atoms. The molecule has 0 radical (unpaired) electrons. The second-order valence-corrected chi connectivity index (χ2v) is 8.37. The molecule has 0 fully saturated rings. The zero-order valence-corrected chi connectivity index (χ0v) is 20.6. The van der Waals surface area contributed by atoms with E-state index in [-0.39, 0.29) is 5.91 Å². The molecule has 0 saturated carbocycles. The first-order valence-electron chi connectivity index (χ1n) is 11.7. The number of carboxylic acid groups (broad SMARTS) is 1. The van der Waals surface area contributed by atoms with Gasteiger partial charge in [0, 0.05) is 37.9 Å². The summed E-state index contributed by atoms with van der Waals surface area (Å²) in [5.41, 5.74) is 3.97. The molecule has 1 aromatic carbocycles. The molecule has 5 rings (SSSR count). The minimum Gasteiger partial charge on any atom is -0.475 e. The number of aromatic nitrogens is 5. The Balaban J connectivity index is 0.000000448. The van der Waals surface area contributed by atoms with Gasteiger partial charge in [-0.25, -0.2) is 14.8 Å². The molecule has 0 saturated heterocycles. The fourth-order valence-electron chi connectivity index (χ4n) is 3.71. The molecule has 39 heavy (non-hydrogen) atoms. The van der Waals surface area contributed by atoms with Gasteiger partial charge in [-0.2, -0.15) is 13.2 Å². The number of nitrogens with one attached hydrogen (secondary N) is 1. The first kappa shape index (κ1) is 27.0. The second-order valence-electron chi connectivity index (χ2n) is 8.37. The van der Waals surface area contributed by atoms with Crippen molar-refractivity contribution in [3.8, 4) is 11.5 Å². The Morgan fingerprint density at radius 2 is 1.67 bits per heavy atom. The van der Waals surface area contributed by atoms with Gasteiger partial charge >= 0.3 is 12.1 Å². The molecule has 0 spiro atoms. The van der Waals surface area contributed by atoms with E-state index in [1.54, 1.807) is 12.4 Å². The Labute approximate surface area is 220 Å². The molecule has 2 N–H and O–H groups in total. The summed E-state index contributed by atoms with van der Waals surface area (Å²) in [7, 11) is 0. The highest BCUT2D eigenvalue weighted by molar-refractivity contribution is 5.99. The average Bonchev–Trinajstić information content (AvgIpc) is 3.49. The molecular formula is C27H23F3N6O3. The van der Waals surface area contributed by atoms with Crippen LogP contribution < -0.4 is 5.32 Å². The van der Waals surface area contributed by atoms with Gasteiger partial charge in [-0.15, -0.1) is 0 Å². The number of benzene rings is 1. The normalized spacial score (nSPS) is 11.1. The Kier molecular flexibility index (Phi) is 8.04. The van der Waals surface area contributed by atoms with Crippen LogP contribution in [-0.2, 0) is 17.9 Å². The summed E-state index contributed by atoms with van der Waals surface area (Å²) in [6.07, 6.45) is 2.25. The molecule has 0 unspecified atom stereocenters. The van der Waals surface area contributed by atoms with Crippen molar-refractivity contribution in [2.24, 2.45) is 0 Å². The minimum absolute atomic E-state index is 0.232. The number of aryl methyl sites for hydroxylation is 1. The lowest BCUT2D eigenvalue weighted by atomic mass is 10.2. The number of carbonyl (C=O) groups is 2. The molecule has 0 aliphatic carbocycles. The number of imidazole rings is 2. The standard InChI is InChI=1S/C25H22N6O.C2HF3O2/c1-18-28-21(17-30(18)16-19-8-3-2-4-9-19)24-29-23(22-11-5-6-13-31(22)24)25(32)27-15-20-10-7-12-26-14-20;3-2(4,5)1(6)7/h2-14,17H,15-16H2,1H3,(H,27,32);(H,6,7). The first-order chi connectivity index (χ1) is 18.6. The largest absolute Gasteiger partial charge is 0.490 e. The first-order valence-corrected chi connectivity index (χ1v) is 11.7. The van der Waals surface area contributed by atoms with Gasteiger partial charge in [-0.3, -0.25) is 14.2 Å². The van der Waals surface area contributed by atoms with Crippen LogP contribution in [-0.4, -0.2) is 47.1 Å². The van der Waals surface area contributed by atoms with Crippen LogP contribution in [0.2, 0.25) is 0 Å². The number of carboxylic acids is 1. The Morgan fingerprint density at radius 1 is 0.974 bits per heavy atom. The Bertz CT molecular complexity index is 1580. The van der Waals surface area contributed by atoms with Gasteiger partial charge in [0.15, 0.2) is 11.5 Å². The van der Waals surface area contributed by atoms with E-state index in [1.165, 1.54) is 5.56 Å². The third-order valence-electron chi connectivity index (χ3n) is 5.58. The summed E-state index contributed by atoms with van der Waals surface area (Å²) in [5, 5.41) is 10.1. The molecule has 9 nitrogen and oxygen atoms in total. The smallest absolute Gasteiger partial charge is 0.475 e. The number of fused-ring (bicyclic) bond motifs is 1. The van der Waals surface area contributed by atoms with E-state index in [4.69, 9.17) is 19.9 Å². The van der Waals surface area contributed by atoms with Crippen molar-refractivity contribution in [2.75, 3.05) is 0 Å². The number of pyridine rings is 2. The molecule has 200 valence electrons. The number of hydrogen-bond acceptors (Lipinski definition) is 5. The zero-order valence-electron chi connectivity index (χ0n) is 20.6. The number of nitrogens with zero attached hydrogens (tertiary/aromatic N) is 5. The van der Waals surface area contributed by atoms with Crippen molar-refractivity contribution in [1.29, 1.82) is 0 Å². The van der Waals surface area contributed by atoms with Gasteiger partial charge in [0.1, 0.15) is 11.5 Å². The number of rotatable bonds is 6. The van der Waals surface area contributed by atoms with Crippen molar-refractivity contribution in [3.63, 3.8) is 0 Å². The monoisotopic (exact) mass is 536 g/mol. The van der Waals surface area contributed by atoms with Crippen LogP contribution in [0.3, 0.4) is 0 Å². The molecule has 12 heteroatoms. The molecule has 4 aromatic heterocycles. The summed E-state index contributed by atoms with van der Waals surface area (Å²) in [6.45, 7) is 3.09. The van der Waals surface area contributed by atoms with Crippen LogP contribution in [0.15, 0.2) is 85.5 Å². The van der Waals surface area contributed by atoms with E-state index in [9.17, 15) is 18.0 Å². The number of carbonyl (C=O) groups excluding carboxylic acids is 1. The molecule has 0 aliphatic rings. The van der Waals surface area contributed by atoms with E-state index in [0.717, 1.165) is 29.1 Å². The summed E-state index contributed by atoms with van der Waals surface area (Å²) in [4.78, 5) is 35.4. The summed E-state index contributed by atoms with van der Waals surface area (Å²) < 4.78 is 35.7. The molecule has 1 amide bonds. The van der Waals surface area contributed by atoms with Gasteiger partial charge in [0.2, 0.25) is 0 Å². The van der Waals surface area contributed by atoms with Gasteiger partial charge in [-0.1, -0.05) is 42.5 Å².